The number of hydrogen-bond acceptors (Lipinski definition) is 0. The van der Waals surface area contributed by atoms with E-state index in [1.807, 2.05) is 0 Å². The second-order valence-electron chi connectivity index (χ2n) is 1.69. The molecule has 1 aliphatic carbocycles. The molecule has 4 heteroatoms. The Labute approximate surface area is 75.6 Å². The van der Waals surface area contributed by atoms with Crippen molar-refractivity contribution in [1.82, 2.24) is 0 Å². The maximum absolute atomic E-state index is 11.6. The van der Waals surface area contributed by atoms with Gasteiger partial charge in [-0.2, -0.15) is 19.2 Å². The van der Waals surface area contributed by atoms with Gasteiger partial charge in [0.15, 0.2) is 0 Å². The molecule has 0 spiro atoms. The largest absolute Gasteiger partial charge is 0.384 e. The minimum Gasteiger partial charge on any atom is -0.261 e. The van der Waals surface area contributed by atoms with E-state index in [4.69, 9.17) is 0 Å². The van der Waals surface area contributed by atoms with Crippen molar-refractivity contribution in [2.24, 2.45) is 0 Å². The monoisotopic (exact) mass is 313 g/mol. The van der Waals surface area contributed by atoms with Gasteiger partial charge < -0.3 is 0 Å². The van der Waals surface area contributed by atoms with E-state index in [2.05, 4.69) is 6.08 Å². The van der Waals surface area contributed by atoms with Gasteiger partial charge in [0.2, 0.25) is 0 Å². The van der Waals surface area contributed by atoms with Crippen molar-refractivity contribution in [2.45, 2.75) is 12.6 Å². The topological polar surface area (TPSA) is 0 Å². The molecule has 0 bridgehead atoms. The Morgan fingerprint density at radius 2 is 2.00 bits per heavy atom. The quantitative estimate of drug-likeness (QED) is 0.475. The Bertz CT molecular complexity index is 166. The summed E-state index contributed by atoms with van der Waals surface area (Å²) < 4.78 is 34.8. The van der Waals surface area contributed by atoms with Gasteiger partial charge in [-0.3, -0.25) is 6.08 Å². The van der Waals surface area contributed by atoms with Gasteiger partial charge in [-0.15, -0.1) is 12.0 Å². The molecule has 0 aromatic carbocycles. The van der Waals surface area contributed by atoms with Gasteiger partial charge in [0.1, 0.15) is 0 Å². The van der Waals surface area contributed by atoms with Crippen molar-refractivity contribution in [3.63, 3.8) is 0 Å². The molecule has 0 aliphatic heterocycles. The molecule has 0 atom stereocenters. The molecule has 1 aliphatic rings. The minimum atomic E-state index is -4.20. The first kappa shape index (κ1) is 10.1. The predicted octanol–water partition coefficient (Wildman–Crippen LogP) is 2.24. The Hall–Kier alpha value is 0.140. The van der Waals surface area contributed by atoms with E-state index < -0.39 is 11.7 Å². The van der Waals surface area contributed by atoms with Crippen LogP contribution in [0.3, 0.4) is 0 Å². The Morgan fingerprint density at radius 1 is 1.40 bits per heavy atom. The van der Waals surface area contributed by atoms with E-state index in [9.17, 15) is 13.2 Å². The van der Waals surface area contributed by atoms with Crippen LogP contribution in [0.2, 0.25) is 0 Å². The van der Waals surface area contributed by atoms with E-state index in [-0.39, 0.29) is 32.3 Å². The normalized spacial score (nSPS) is 16.5. The molecule has 10 heavy (non-hydrogen) atoms. The molecule has 0 radical (unpaired) electrons. The smallest absolute Gasteiger partial charge is 0.261 e. The fourth-order valence-electron chi connectivity index (χ4n) is 0.599. The summed E-state index contributed by atoms with van der Waals surface area (Å²) in [7, 11) is 0. The predicted molar refractivity (Wildman–Crippen MR) is 26.6 cm³/mol. The van der Waals surface area contributed by atoms with E-state index in [0.717, 1.165) is 6.08 Å². The molecular weight excluding hydrogens is 308 g/mol. The zero-order valence-electron chi connectivity index (χ0n) is 5.00. The van der Waals surface area contributed by atoms with Gasteiger partial charge in [-0.1, -0.05) is 0 Å². The second-order valence-corrected chi connectivity index (χ2v) is 1.69. The van der Waals surface area contributed by atoms with Crippen LogP contribution in [-0.4, -0.2) is 6.18 Å². The van der Waals surface area contributed by atoms with Gasteiger partial charge in [0.25, 0.3) is 0 Å². The van der Waals surface area contributed by atoms with Crippen molar-refractivity contribution < 1.29 is 39.0 Å². The second kappa shape index (κ2) is 3.51. The zero-order chi connectivity index (χ0) is 6.91. The minimum absolute atomic E-state index is 0. The van der Waals surface area contributed by atoms with Gasteiger partial charge >= 0.3 is 6.18 Å². The fraction of sp³-hybridized carbons (Fsp3) is 0.333. The van der Waals surface area contributed by atoms with Gasteiger partial charge in [0, 0.05) is 25.8 Å². The molecule has 0 saturated carbocycles. The van der Waals surface area contributed by atoms with E-state index >= 15 is 0 Å². The van der Waals surface area contributed by atoms with Crippen LogP contribution in [-0.2, 0) is 25.8 Å². The Balaban J connectivity index is 0.000000810. The van der Waals surface area contributed by atoms with Crippen molar-refractivity contribution in [3.05, 3.63) is 23.8 Å². The number of alkyl halides is 3. The summed E-state index contributed by atoms with van der Waals surface area (Å²) >= 11 is 0. The summed E-state index contributed by atoms with van der Waals surface area (Å²) in [6, 6.07) is 0. The molecule has 0 fully saturated rings. The van der Waals surface area contributed by atoms with Crippen LogP contribution in [0.15, 0.2) is 17.7 Å². The third-order valence-electron chi connectivity index (χ3n) is 1.00. The molecule has 0 aromatic heterocycles. The maximum Gasteiger partial charge on any atom is 0.384 e. The average molecular weight is 312 g/mol. The molecule has 0 aromatic rings. The van der Waals surface area contributed by atoms with Gasteiger partial charge in [-0.25, -0.2) is 6.08 Å². The third-order valence-corrected chi connectivity index (χ3v) is 1.00. The van der Waals surface area contributed by atoms with Crippen LogP contribution in [0.5, 0.6) is 0 Å². The van der Waals surface area contributed by atoms with Crippen LogP contribution in [0, 0.1) is 6.08 Å². The number of rotatable bonds is 0. The van der Waals surface area contributed by atoms with Crippen molar-refractivity contribution in [1.29, 1.82) is 0 Å². The van der Waals surface area contributed by atoms with Crippen LogP contribution in [0.1, 0.15) is 6.42 Å². The van der Waals surface area contributed by atoms with E-state index in [1.54, 1.807) is 0 Å². The zero-order valence-corrected chi connectivity index (χ0v) is 8.59. The molecular formula is C6H4F3Hf-. The van der Waals surface area contributed by atoms with Gasteiger partial charge in [-0.05, 0) is 0 Å². The van der Waals surface area contributed by atoms with Crippen LogP contribution in [0.25, 0.3) is 0 Å². The first-order valence-corrected chi connectivity index (χ1v) is 2.45. The standard InChI is InChI=1S/C6H4F3.Hf/c7-6(8,9)5-3-1-2-4-5;/h1,3H,2H2;/q-1;. The molecule has 0 saturated heterocycles. The number of hydrogen-bond donors (Lipinski definition) is 0. The van der Waals surface area contributed by atoms with Crippen molar-refractivity contribution in [2.75, 3.05) is 0 Å². The fourth-order valence-corrected chi connectivity index (χ4v) is 0.599. The first-order chi connectivity index (χ1) is 4.11. The SMILES string of the molecule is FC(F)(F)C1=[C-]CC=C1.[Hf]. The number of allylic oxidation sites excluding steroid dienone is 4. The molecule has 0 nitrogen and oxygen atoms in total. The van der Waals surface area contributed by atoms with E-state index in [1.165, 1.54) is 6.08 Å². The van der Waals surface area contributed by atoms with Crippen LogP contribution >= 0.6 is 0 Å². The first-order valence-electron chi connectivity index (χ1n) is 2.45. The van der Waals surface area contributed by atoms with Gasteiger partial charge in [0.05, 0.1) is 0 Å². The van der Waals surface area contributed by atoms with Crippen LogP contribution < -0.4 is 0 Å². The summed E-state index contributed by atoms with van der Waals surface area (Å²) in [4.78, 5) is 0. The molecule has 1 rings (SSSR count). The van der Waals surface area contributed by atoms with E-state index in [0.29, 0.717) is 0 Å². The molecule has 0 heterocycles. The molecule has 0 N–H and O–H groups in total. The third kappa shape index (κ3) is 2.40. The average Bonchev–Trinajstić information content (AvgIpc) is 2.08. The summed E-state index contributed by atoms with van der Waals surface area (Å²) in [5.41, 5.74) is -0.650. The van der Waals surface area contributed by atoms with Crippen LogP contribution in [0.4, 0.5) is 13.2 Å². The Kier molecular flexibility index (Phi) is 3.56. The maximum atomic E-state index is 11.6. The van der Waals surface area contributed by atoms with Crippen molar-refractivity contribution in [3.8, 4) is 0 Å². The summed E-state index contributed by atoms with van der Waals surface area (Å²) in [6.07, 6.45) is 0.737. The number of halogens is 3. The summed E-state index contributed by atoms with van der Waals surface area (Å²) in [6.45, 7) is 0. The molecule has 0 amide bonds. The Morgan fingerprint density at radius 3 is 2.20 bits per heavy atom. The molecule has 54 valence electrons. The summed E-state index contributed by atoms with van der Waals surface area (Å²) in [5.74, 6) is 0. The molecule has 0 unspecified atom stereocenters. The van der Waals surface area contributed by atoms with Crippen molar-refractivity contribution >= 4 is 0 Å². The summed E-state index contributed by atoms with van der Waals surface area (Å²) in [5, 5.41) is 0.